The molecule has 1 saturated heterocycles. The summed E-state index contributed by atoms with van der Waals surface area (Å²) < 4.78 is 11.4. The van der Waals surface area contributed by atoms with Crippen LogP contribution in [-0.4, -0.2) is 87.5 Å². The first kappa shape index (κ1) is 81.7. The van der Waals surface area contributed by atoms with Crippen LogP contribution in [0.3, 0.4) is 0 Å². The fourth-order valence-corrected chi connectivity index (χ4v) is 12.6. The Labute approximate surface area is 528 Å². The van der Waals surface area contributed by atoms with Crippen LogP contribution in [-0.2, 0) is 14.3 Å². The molecular formula is C76H147NO8. The summed E-state index contributed by atoms with van der Waals surface area (Å²) >= 11 is 0. The second kappa shape index (κ2) is 65.6. The molecule has 0 aliphatic carbocycles. The van der Waals surface area contributed by atoms with Gasteiger partial charge in [0.05, 0.1) is 25.4 Å². The molecule has 0 aromatic carbocycles. The maximum absolute atomic E-state index is 13.2. The Balaban J connectivity index is 2.03. The third-order valence-corrected chi connectivity index (χ3v) is 18.6. The standard InChI is InChI=1S/C76H147NO8/c1-3-5-7-9-11-13-15-17-19-21-23-25-27-28-29-30-31-32-33-34-35-36-37-38-39-40-41-42-44-46-48-50-52-54-56-58-60-62-64-66-72(80)77-69(68-84-76-75(83)74(82)73(81)71(67-78)85-76)70(79)65-63-61-59-57-55-53-51-49-47-45-43-26-24-22-20-18-16-14-12-10-8-6-4-2/h15,17,21,23,69-71,73-76,78-79,81-83H,3-14,16,18-20,22,24-68H2,1-2H3,(H,77,80)/b17-15-,23-21-. The number of ether oxygens (including phenoxy) is 2. The number of aliphatic hydroxyl groups is 5. The fraction of sp³-hybridized carbons (Fsp3) is 0.934. The lowest BCUT2D eigenvalue weighted by atomic mass is 9.99. The number of hydrogen-bond acceptors (Lipinski definition) is 8. The number of aliphatic hydroxyl groups excluding tert-OH is 5. The zero-order valence-electron chi connectivity index (χ0n) is 56.7. The van der Waals surface area contributed by atoms with Crippen molar-refractivity contribution in [3.05, 3.63) is 24.3 Å². The largest absolute Gasteiger partial charge is 0.394 e. The Bertz CT molecular complexity index is 1390. The summed E-state index contributed by atoms with van der Waals surface area (Å²) in [5.41, 5.74) is 0. The van der Waals surface area contributed by atoms with Gasteiger partial charge in [0.25, 0.3) is 0 Å². The third-order valence-electron chi connectivity index (χ3n) is 18.6. The Morgan fingerprint density at radius 2 is 0.694 bits per heavy atom. The predicted molar refractivity (Wildman–Crippen MR) is 364 cm³/mol. The first-order valence-corrected chi connectivity index (χ1v) is 38.0. The van der Waals surface area contributed by atoms with Crippen LogP contribution in [0.25, 0.3) is 0 Å². The van der Waals surface area contributed by atoms with Gasteiger partial charge in [0, 0.05) is 6.42 Å². The van der Waals surface area contributed by atoms with Crippen LogP contribution in [0.2, 0.25) is 0 Å². The van der Waals surface area contributed by atoms with Crippen molar-refractivity contribution in [1.82, 2.24) is 5.32 Å². The normalized spacial score (nSPS) is 18.1. The fourth-order valence-electron chi connectivity index (χ4n) is 12.6. The summed E-state index contributed by atoms with van der Waals surface area (Å²) in [6.45, 7) is 3.89. The number of unbranched alkanes of at least 4 members (excludes halogenated alkanes) is 54. The molecule has 0 radical (unpaired) electrons. The Kier molecular flexibility index (Phi) is 63.1. The molecular weight excluding hydrogens is 1050 g/mol. The van der Waals surface area contributed by atoms with E-state index in [4.69, 9.17) is 9.47 Å². The second-order valence-corrected chi connectivity index (χ2v) is 26.8. The van der Waals surface area contributed by atoms with Crippen molar-refractivity contribution in [3.63, 3.8) is 0 Å². The van der Waals surface area contributed by atoms with Crippen molar-refractivity contribution in [1.29, 1.82) is 0 Å². The van der Waals surface area contributed by atoms with Gasteiger partial charge in [0.1, 0.15) is 24.4 Å². The number of nitrogens with one attached hydrogen (secondary N) is 1. The van der Waals surface area contributed by atoms with Gasteiger partial charge < -0.3 is 40.3 Å². The molecule has 0 saturated carbocycles. The summed E-state index contributed by atoms with van der Waals surface area (Å²) in [6, 6.07) is -0.717. The molecule has 1 amide bonds. The average molecular weight is 1200 g/mol. The predicted octanol–water partition coefficient (Wildman–Crippen LogP) is 21.2. The lowest BCUT2D eigenvalue weighted by Gasteiger charge is -2.40. The molecule has 0 spiro atoms. The minimum atomic E-state index is -1.55. The number of carbonyl (C=O) groups is 1. The van der Waals surface area contributed by atoms with Gasteiger partial charge in [-0.1, -0.05) is 372 Å². The third kappa shape index (κ3) is 54.2. The van der Waals surface area contributed by atoms with Crippen LogP contribution in [0.5, 0.6) is 0 Å². The van der Waals surface area contributed by atoms with Crippen LogP contribution in [0.4, 0.5) is 0 Å². The zero-order chi connectivity index (χ0) is 61.4. The molecule has 1 heterocycles. The van der Waals surface area contributed by atoms with Gasteiger partial charge in [-0.05, 0) is 44.9 Å². The summed E-state index contributed by atoms with van der Waals surface area (Å²) in [5.74, 6) is -0.134. The van der Waals surface area contributed by atoms with Gasteiger partial charge in [-0.2, -0.15) is 0 Å². The Morgan fingerprint density at radius 3 is 1.01 bits per heavy atom. The number of hydrogen-bond donors (Lipinski definition) is 6. The highest BCUT2D eigenvalue weighted by Gasteiger charge is 2.44. The highest BCUT2D eigenvalue weighted by atomic mass is 16.7. The monoisotopic (exact) mass is 1200 g/mol. The van der Waals surface area contributed by atoms with Crippen LogP contribution in [0.1, 0.15) is 399 Å². The molecule has 504 valence electrons. The van der Waals surface area contributed by atoms with Crippen LogP contribution < -0.4 is 5.32 Å². The summed E-state index contributed by atoms with van der Waals surface area (Å²) in [4.78, 5) is 13.2. The van der Waals surface area contributed by atoms with Crippen molar-refractivity contribution in [3.8, 4) is 0 Å². The smallest absolute Gasteiger partial charge is 0.220 e. The molecule has 9 nitrogen and oxygen atoms in total. The molecule has 9 heteroatoms. The van der Waals surface area contributed by atoms with Crippen molar-refractivity contribution in [2.24, 2.45) is 0 Å². The second-order valence-electron chi connectivity index (χ2n) is 26.8. The van der Waals surface area contributed by atoms with E-state index in [1.54, 1.807) is 0 Å². The van der Waals surface area contributed by atoms with Gasteiger partial charge in [0.15, 0.2) is 6.29 Å². The molecule has 7 atom stereocenters. The van der Waals surface area contributed by atoms with Crippen molar-refractivity contribution in [2.75, 3.05) is 13.2 Å². The van der Waals surface area contributed by atoms with E-state index in [0.717, 1.165) is 44.9 Å². The number of amides is 1. The van der Waals surface area contributed by atoms with Gasteiger partial charge in [-0.3, -0.25) is 4.79 Å². The topological polar surface area (TPSA) is 149 Å². The number of allylic oxidation sites excluding steroid dienone is 4. The van der Waals surface area contributed by atoms with Crippen molar-refractivity contribution < 1.29 is 39.8 Å². The van der Waals surface area contributed by atoms with Crippen LogP contribution >= 0.6 is 0 Å². The lowest BCUT2D eigenvalue weighted by molar-refractivity contribution is -0.302. The highest BCUT2D eigenvalue weighted by molar-refractivity contribution is 5.76. The molecule has 7 unspecified atom stereocenters. The Hall–Kier alpha value is -1.33. The minimum Gasteiger partial charge on any atom is -0.394 e. The molecule has 85 heavy (non-hydrogen) atoms. The highest BCUT2D eigenvalue weighted by Crippen LogP contribution is 2.24. The molecule has 0 bridgehead atoms. The molecule has 1 aliphatic rings. The van der Waals surface area contributed by atoms with E-state index in [1.165, 1.54) is 327 Å². The van der Waals surface area contributed by atoms with Gasteiger partial charge in [0.2, 0.25) is 5.91 Å². The Morgan fingerprint density at radius 1 is 0.400 bits per heavy atom. The lowest BCUT2D eigenvalue weighted by Crippen LogP contribution is -2.60. The van der Waals surface area contributed by atoms with E-state index in [9.17, 15) is 30.3 Å². The van der Waals surface area contributed by atoms with Crippen molar-refractivity contribution in [2.45, 2.75) is 442 Å². The first-order valence-electron chi connectivity index (χ1n) is 38.0. The van der Waals surface area contributed by atoms with E-state index < -0.39 is 49.5 Å². The maximum Gasteiger partial charge on any atom is 0.220 e. The van der Waals surface area contributed by atoms with Crippen LogP contribution in [0.15, 0.2) is 24.3 Å². The average Bonchev–Trinajstić information content (AvgIpc) is 3.66. The minimum absolute atomic E-state index is 0.132. The molecule has 1 rings (SSSR count). The van der Waals surface area contributed by atoms with E-state index >= 15 is 0 Å². The van der Waals surface area contributed by atoms with Crippen molar-refractivity contribution >= 4 is 5.91 Å². The maximum atomic E-state index is 13.2. The van der Waals surface area contributed by atoms with Gasteiger partial charge >= 0.3 is 0 Å². The molecule has 0 aromatic rings. The van der Waals surface area contributed by atoms with Gasteiger partial charge in [-0.25, -0.2) is 0 Å². The van der Waals surface area contributed by atoms with E-state index in [2.05, 4.69) is 43.5 Å². The summed E-state index contributed by atoms with van der Waals surface area (Å²) in [7, 11) is 0. The van der Waals surface area contributed by atoms with E-state index in [0.29, 0.717) is 12.8 Å². The van der Waals surface area contributed by atoms with E-state index in [-0.39, 0.29) is 12.5 Å². The number of carbonyl (C=O) groups excluding carboxylic acids is 1. The molecule has 6 N–H and O–H groups in total. The molecule has 0 aromatic heterocycles. The first-order chi connectivity index (χ1) is 41.8. The summed E-state index contributed by atoms with van der Waals surface area (Å²) in [6.07, 6.45) is 79.9. The number of rotatable bonds is 68. The summed E-state index contributed by atoms with van der Waals surface area (Å²) in [5, 5.41) is 55.0. The molecule has 1 fully saturated rings. The van der Waals surface area contributed by atoms with E-state index in [1.807, 2.05) is 0 Å². The SMILES string of the molecule is CCCCCCC/C=C\C/C=C\CCCCCCCCCCCCCCCCCCCCCCCCCCCCCC(=O)NC(COC1OC(CO)C(O)C(O)C1O)C(O)CCCCCCCCCCCCCCCCCCCCCCCCC. The van der Waals surface area contributed by atoms with Gasteiger partial charge in [-0.15, -0.1) is 0 Å². The quantitative estimate of drug-likeness (QED) is 0.0261. The van der Waals surface area contributed by atoms with Crippen LogP contribution in [0, 0.1) is 0 Å². The molecule has 1 aliphatic heterocycles. The zero-order valence-corrected chi connectivity index (χ0v) is 56.7.